The third kappa shape index (κ3) is 2.50. The van der Waals surface area contributed by atoms with E-state index in [1.165, 1.54) is 4.88 Å². The van der Waals surface area contributed by atoms with E-state index in [9.17, 15) is 0 Å². The van der Waals surface area contributed by atoms with Gasteiger partial charge >= 0.3 is 0 Å². The van der Waals surface area contributed by atoms with Gasteiger partial charge in [0.1, 0.15) is 0 Å². The molecular weight excluding hydrogens is 298 g/mol. The molecule has 0 aliphatic carbocycles. The summed E-state index contributed by atoms with van der Waals surface area (Å²) in [6.07, 6.45) is 3.07. The van der Waals surface area contributed by atoms with Gasteiger partial charge in [-0.3, -0.25) is 4.40 Å². The lowest BCUT2D eigenvalue weighted by molar-refractivity contribution is 0.866. The van der Waals surface area contributed by atoms with E-state index in [0.29, 0.717) is 5.88 Å². The van der Waals surface area contributed by atoms with Crippen LogP contribution in [0.1, 0.15) is 10.6 Å². The third-order valence-electron chi connectivity index (χ3n) is 3.10. The first kappa shape index (κ1) is 13.0. The second kappa shape index (κ2) is 5.53. The third-order valence-corrected chi connectivity index (χ3v) is 5.05. The standard InChI is InChI=1S/C13H14ClN3S2/c1-16(5-4-10-3-2-7-18-10)12-11(9-14)17-6-8-19-13(17)15-12/h2-3,6-8H,4-5,9H2,1H3. The summed E-state index contributed by atoms with van der Waals surface area (Å²) in [7, 11) is 2.08. The number of thiazole rings is 1. The largest absolute Gasteiger partial charge is 0.358 e. The predicted octanol–water partition coefficient (Wildman–Crippen LogP) is 3.88. The zero-order valence-electron chi connectivity index (χ0n) is 10.5. The van der Waals surface area contributed by atoms with E-state index in [2.05, 4.69) is 38.8 Å². The van der Waals surface area contributed by atoms with Crippen LogP contribution in [0.4, 0.5) is 5.82 Å². The van der Waals surface area contributed by atoms with Crippen molar-refractivity contribution in [1.82, 2.24) is 9.38 Å². The lowest BCUT2D eigenvalue weighted by Crippen LogP contribution is -2.21. The van der Waals surface area contributed by atoms with E-state index in [4.69, 9.17) is 11.6 Å². The summed E-state index contributed by atoms with van der Waals surface area (Å²) < 4.78 is 2.08. The van der Waals surface area contributed by atoms with Gasteiger partial charge in [-0.25, -0.2) is 4.98 Å². The number of anilines is 1. The van der Waals surface area contributed by atoms with Crippen molar-refractivity contribution in [3.05, 3.63) is 39.7 Å². The molecule has 3 nitrogen and oxygen atoms in total. The highest BCUT2D eigenvalue weighted by Gasteiger charge is 2.15. The second-order valence-corrected chi connectivity index (χ2v) is 6.49. The predicted molar refractivity (Wildman–Crippen MR) is 83.9 cm³/mol. The quantitative estimate of drug-likeness (QED) is 0.667. The summed E-state index contributed by atoms with van der Waals surface area (Å²) in [4.78, 5) is 9.27. The van der Waals surface area contributed by atoms with Crippen LogP contribution in [-0.2, 0) is 12.3 Å². The number of imidazole rings is 1. The average Bonchev–Trinajstić information content (AvgIpc) is 3.11. The number of hydrogen-bond acceptors (Lipinski definition) is 4. The fourth-order valence-electron chi connectivity index (χ4n) is 2.09. The van der Waals surface area contributed by atoms with Crippen molar-refractivity contribution in [2.45, 2.75) is 12.3 Å². The van der Waals surface area contributed by atoms with Gasteiger partial charge in [-0.1, -0.05) is 6.07 Å². The van der Waals surface area contributed by atoms with Crippen molar-refractivity contribution in [2.75, 3.05) is 18.5 Å². The Morgan fingerprint density at radius 1 is 1.37 bits per heavy atom. The molecule has 0 bridgehead atoms. The molecule has 0 aliphatic rings. The summed E-state index contributed by atoms with van der Waals surface area (Å²) in [5.41, 5.74) is 1.08. The molecule has 0 aliphatic heterocycles. The molecule has 0 radical (unpaired) electrons. The van der Waals surface area contributed by atoms with Crippen molar-refractivity contribution in [1.29, 1.82) is 0 Å². The number of nitrogens with zero attached hydrogens (tertiary/aromatic N) is 3. The molecule has 0 atom stereocenters. The summed E-state index contributed by atoms with van der Waals surface area (Å²) in [5, 5.41) is 4.15. The molecule has 100 valence electrons. The van der Waals surface area contributed by atoms with Crippen LogP contribution in [0.5, 0.6) is 0 Å². The van der Waals surface area contributed by atoms with Crippen LogP contribution in [0, 0.1) is 0 Å². The van der Waals surface area contributed by atoms with Gasteiger partial charge in [0.05, 0.1) is 11.6 Å². The SMILES string of the molecule is CN(CCc1cccs1)c1nc2sccn2c1CCl. The van der Waals surface area contributed by atoms with Crippen molar-refractivity contribution < 1.29 is 0 Å². The van der Waals surface area contributed by atoms with Crippen LogP contribution in [0.25, 0.3) is 4.96 Å². The smallest absolute Gasteiger partial charge is 0.195 e. The Bertz CT molecular complexity index is 657. The minimum atomic E-state index is 0.483. The van der Waals surface area contributed by atoms with Crippen LogP contribution in [0.15, 0.2) is 29.1 Å². The number of hydrogen-bond donors (Lipinski definition) is 0. The molecule has 0 amide bonds. The number of alkyl halides is 1. The van der Waals surface area contributed by atoms with Crippen molar-refractivity contribution in [2.24, 2.45) is 0 Å². The summed E-state index contributed by atoms with van der Waals surface area (Å²) >= 11 is 9.51. The van der Waals surface area contributed by atoms with Crippen LogP contribution in [0.2, 0.25) is 0 Å². The van der Waals surface area contributed by atoms with Crippen molar-refractivity contribution >= 4 is 45.1 Å². The molecule has 6 heteroatoms. The molecule has 0 saturated heterocycles. The van der Waals surface area contributed by atoms with Crippen molar-refractivity contribution in [3.63, 3.8) is 0 Å². The zero-order chi connectivity index (χ0) is 13.2. The van der Waals surface area contributed by atoms with Gasteiger partial charge in [-0.2, -0.15) is 0 Å². The number of rotatable bonds is 5. The molecule has 3 aromatic rings. The normalized spacial score (nSPS) is 11.3. The maximum Gasteiger partial charge on any atom is 0.195 e. The molecule has 0 unspecified atom stereocenters. The highest BCUT2D eigenvalue weighted by molar-refractivity contribution is 7.15. The lowest BCUT2D eigenvalue weighted by Gasteiger charge is -2.17. The number of aromatic nitrogens is 2. The molecule has 3 rings (SSSR count). The Balaban J connectivity index is 1.80. The van der Waals surface area contributed by atoms with E-state index >= 15 is 0 Å². The number of thiophene rings is 1. The van der Waals surface area contributed by atoms with E-state index in [0.717, 1.165) is 29.4 Å². The highest BCUT2D eigenvalue weighted by atomic mass is 35.5. The highest BCUT2D eigenvalue weighted by Crippen LogP contribution is 2.25. The van der Waals surface area contributed by atoms with E-state index in [-0.39, 0.29) is 0 Å². The first-order valence-electron chi connectivity index (χ1n) is 6.03. The maximum absolute atomic E-state index is 6.07. The molecule has 0 spiro atoms. The Labute approximate surface area is 125 Å². The first-order chi connectivity index (χ1) is 9.29. The van der Waals surface area contributed by atoms with Gasteiger partial charge < -0.3 is 4.90 Å². The van der Waals surface area contributed by atoms with Crippen LogP contribution < -0.4 is 4.90 Å². The Morgan fingerprint density at radius 3 is 3.00 bits per heavy atom. The summed E-state index contributed by atoms with van der Waals surface area (Å²) in [6, 6.07) is 4.27. The zero-order valence-corrected chi connectivity index (χ0v) is 12.9. The van der Waals surface area contributed by atoms with Crippen LogP contribution in [0.3, 0.4) is 0 Å². The maximum atomic E-state index is 6.07. The van der Waals surface area contributed by atoms with Gasteiger partial charge in [0.2, 0.25) is 0 Å². The summed E-state index contributed by atoms with van der Waals surface area (Å²) in [5.74, 6) is 1.48. The monoisotopic (exact) mass is 311 g/mol. The molecule has 0 saturated carbocycles. The summed E-state index contributed by atoms with van der Waals surface area (Å²) in [6.45, 7) is 0.954. The first-order valence-corrected chi connectivity index (χ1v) is 8.33. The van der Waals surface area contributed by atoms with E-state index in [1.807, 2.05) is 11.6 Å². The van der Waals surface area contributed by atoms with E-state index < -0.39 is 0 Å². The van der Waals surface area contributed by atoms with Crippen LogP contribution >= 0.6 is 34.3 Å². The average molecular weight is 312 g/mol. The molecule has 0 aromatic carbocycles. The fourth-order valence-corrected chi connectivity index (χ4v) is 3.76. The minimum absolute atomic E-state index is 0.483. The topological polar surface area (TPSA) is 20.5 Å². The van der Waals surface area contributed by atoms with Gasteiger partial charge in [0.15, 0.2) is 10.8 Å². The minimum Gasteiger partial charge on any atom is -0.358 e. The second-order valence-electron chi connectivity index (χ2n) is 4.32. The van der Waals surface area contributed by atoms with Gasteiger partial charge in [0.25, 0.3) is 0 Å². The van der Waals surface area contributed by atoms with Gasteiger partial charge in [-0.15, -0.1) is 34.3 Å². The Hall–Kier alpha value is -1.04. The molecule has 0 N–H and O–H groups in total. The van der Waals surface area contributed by atoms with Crippen molar-refractivity contribution in [3.8, 4) is 0 Å². The fraction of sp³-hybridized carbons (Fsp3) is 0.308. The number of halogens is 1. The Morgan fingerprint density at radius 2 is 2.26 bits per heavy atom. The molecule has 3 aromatic heterocycles. The number of likely N-dealkylation sites (N-methyl/N-ethyl adjacent to an activating group) is 1. The van der Waals surface area contributed by atoms with E-state index in [1.54, 1.807) is 22.7 Å². The van der Waals surface area contributed by atoms with Gasteiger partial charge in [-0.05, 0) is 17.9 Å². The molecular formula is C13H14ClN3S2. The Kier molecular flexibility index (Phi) is 3.77. The van der Waals surface area contributed by atoms with Crippen LogP contribution in [-0.4, -0.2) is 23.0 Å². The molecule has 0 fully saturated rings. The lowest BCUT2D eigenvalue weighted by atomic mass is 10.3. The molecule has 3 heterocycles. The number of fused-ring (bicyclic) bond motifs is 1. The van der Waals surface area contributed by atoms with Gasteiger partial charge in [0, 0.05) is 30.0 Å². The molecule has 19 heavy (non-hydrogen) atoms.